The molecule has 0 aliphatic rings. The number of hydrogen-bond acceptors (Lipinski definition) is 2. The van der Waals surface area contributed by atoms with E-state index < -0.39 is 0 Å². The maximum Gasteiger partial charge on any atom is 0.134 e. The smallest absolute Gasteiger partial charge is 0.134 e. The van der Waals surface area contributed by atoms with Gasteiger partial charge in [0.25, 0.3) is 0 Å². The highest BCUT2D eigenvalue weighted by atomic mass is 79.9. The summed E-state index contributed by atoms with van der Waals surface area (Å²) >= 11 is 3.66. The van der Waals surface area contributed by atoms with Crippen molar-refractivity contribution in [3.8, 4) is 11.5 Å². The maximum atomic E-state index is 6.10. The van der Waals surface area contributed by atoms with Gasteiger partial charge in [-0.3, -0.25) is 0 Å². The predicted octanol–water partition coefficient (Wildman–Crippen LogP) is 7.20. The van der Waals surface area contributed by atoms with Crippen molar-refractivity contribution in [1.82, 2.24) is 0 Å². The highest BCUT2D eigenvalue weighted by Gasteiger charge is 2.08. The molecule has 0 N–H and O–H groups in total. The van der Waals surface area contributed by atoms with Gasteiger partial charge in [-0.2, -0.15) is 0 Å². The summed E-state index contributed by atoms with van der Waals surface area (Å²) in [7, 11) is 0. The fourth-order valence-corrected chi connectivity index (χ4v) is 3.79. The van der Waals surface area contributed by atoms with Gasteiger partial charge in [-0.1, -0.05) is 84.9 Å². The van der Waals surface area contributed by atoms with Crippen molar-refractivity contribution < 1.29 is 9.47 Å². The molecule has 0 aliphatic carbocycles. The first kappa shape index (κ1) is 20.2. The average Bonchev–Trinajstić information content (AvgIpc) is 2.79. The largest absolute Gasteiger partial charge is 0.489 e. The first-order valence-corrected chi connectivity index (χ1v) is 10.8. The molecule has 4 aromatic carbocycles. The molecule has 0 bridgehead atoms. The van der Waals surface area contributed by atoms with E-state index in [2.05, 4.69) is 64.5 Å². The Balaban J connectivity index is 1.42. The van der Waals surface area contributed by atoms with E-state index in [1.165, 1.54) is 11.1 Å². The molecule has 0 saturated heterocycles. The van der Waals surface area contributed by atoms with Gasteiger partial charge >= 0.3 is 0 Å². The van der Waals surface area contributed by atoms with Crippen molar-refractivity contribution in [3.05, 3.63) is 130 Å². The van der Waals surface area contributed by atoms with Crippen LogP contribution in [0.15, 0.2) is 108 Å². The summed E-state index contributed by atoms with van der Waals surface area (Å²) in [6.07, 6.45) is 0.794. The number of hydrogen-bond donors (Lipinski definition) is 0. The van der Waals surface area contributed by atoms with Crippen molar-refractivity contribution in [1.29, 1.82) is 0 Å². The second kappa shape index (κ2) is 10.1. The molecule has 4 rings (SSSR count). The molecule has 150 valence electrons. The molecule has 0 atom stereocenters. The van der Waals surface area contributed by atoms with Gasteiger partial charge in [-0.25, -0.2) is 0 Å². The summed E-state index contributed by atoms with van der Waals surface area (Å²) in [5.41, 5.74) is 4.68. The van der Waals surface area contributed by atoms with Gasteiger partial charge in [0.1, 0.15) is 24.7 Å². The molecule has 0 radical (unpaired) electrons. The Labute approximate surface area is 186 Å². The number of para-hydroxylation sites is 1. The normalized spacial score (nSPS) is 10.6. The summed E-state index contributed by atoms with van der Waals surface area (Å²) in [6.45, 7) is 1.11. The first-order valence-electron chi connectivity index (χ1n) is 9.98. The van der Waals surface area contributed by atoms with Crippen molar-refractivity contribution in [2.24, 2.45) is 0 Å². The van der Waals surface area contributed by atoms with Crippen LogP contribution in [0.4, 0.5) is 0 Å². The third-order valence-electron chi connectivity index (χ3n) is 4.84. The molecule has 4 aromatic rings. The highest BCUT2D eigenvalue weighted by molar-refractivity contribution is 9.10. The third kappa shape index (κ3) is 5.52. The van der Waals surface area contributed by atoms with Crippen LogP contribution >= 0.6 is 15.9 Å². The summed E-state index contributed by atoms with van der Waals surface area (Å²) in [5, 5.41) is 0. The van der Waals surface area contributed by atoms with Gasteiger partial charge < -0.3 is 9.47 Å². The Hall–Kier alpha value is -3.04. The van der Waals surface area contributed by atoms with Gasteiger partial charge in [0.15, 0.2) is 0 Å². The molecular formula is C27H23BrO2. The standard InChI is InChI=1S/C27H23BrO2/c28-25-18-23(15-16-27(25)30-20-22-11-5-2-6-12-22)17-24-13-7-8-14-26(24)29-19-21-9-3-1-4-10-21/h1-16,18H,17,19-20H2. The molecule has 2 nitrogen and oxygen atoms in total. The fourth-order valence-electron chi connectivity index (χ4n) is 3.25. The minimum absolute atomic E-state index is 0.551. The summed E-state index contributed by atoms with van der Waals surface area (Å²) in [6, 6.07) is 34.9. The number of ether oxygens (including phenoxy) is 2. The van der Waals surface area contributed by atoms with E-state index in [0.717, 1.165) is 33.5 Å². The van der Waals surface area contributed by atoms with Gasteiger partial charge in [0, 0.05) is 6.42 Å². The lowest BCUT2D eigenvalue weighted by atomic mass is 10.0. The zero-order valence-corrected chi connectivity index (χ0v) is 18.2. The Morgan fingerprint density at radius 3 is 1.73 bits per heavy atom. The van der Waals surface area contributed by atoms with Crippen LogP contribution in [0.5, 0.6) is 11.5 Å². The first-order chi connectivity index (χ1) is 14.8. The van der Waals surface area contributed by atoms with Crippen LogP contribution in [0.3, 0.4) is 0 Å². The molecule has 0 amide bonds. The van der Waals surface area contributed by atoms with Gasteiger partial charge in [-0.15, -0.1) is 0 Å². The van der Waals surface area contributed by atoms with E-state index in [1.54, 1.807) is 0 Å². The molecule has 0 aromatic heterocycles. The lowest BCUT2D eigenvalue weighted by Gasteiger charge is -2.13. The second-order valence-corrected chi connectivity index (χ2v) is 7.95. The van der Waals surface area contributed by atoms with Crippen LogP contribution in [0, 0.1) is 0 Å². The molecule has 3 heteroatoms. The van der Waals surface area contributed by atoms with Crippen LogP contribution in [0.25, 0.3) is 0 Å². The Kier molecular flexibility index (Phi) is 6.83. The summed E-state index contributed by atoms with van der Waals surface area (Å²) in [4.78, 5) is 0. The fraction of sp³-hybridized carbons (Fsp3) is 0.111. The zero-order valence-electron chi connectivity index (χ0n) is 16.6. The molecular weight excluding hydrogens is 436 g/mol. The summed E-state index contributed by atoms with van der Waals surface area (Å²) in [5.74, 6) is 1.76. The van der Waals surface area contributed by atoms with Crippen LogP contribution in [0.2, 0.25) is 0 Å². The van der Waals surface area contributed by atoms with E-state index in [0.29, 0.717) is 13.2 Å². The van der Waals surface area contributed by atoms with Crippen molar-refractivity contribution in [2.45, 2.75) is 19.6 Å². The molecule has 0 aliphatic heterocycles. The lowest BCUT2D eigenvalue weighted by molar-refractivity contribution is 0.303. The van der Waals surface area contributed by atoms with E-state index in [-0.39, 0.29) is 0 Å². The Morgan fingerprint density at radius 2 is 1.10 bits per heavy atom. The summed E-state index contributed by atoms with van der Waals surface area (Å²) < 4.78 is 13.0. The van der Waals surface area contributed by atoms with Gasteiger partial charge in [0.2, 0.25) is 0 Å². The monoisotopic (exact) mass is 458 g/mol. The molecule has 0 spiro atoms. The molecule has 30 heavy (non-hydrogen) atoms. The van der Waals surface area contributed by atoms with E-state index in [4.69, 9.17) is 9.47 Å². The van der Waals surface area contributed by atoms with Gasteiger partial charge in [0.05, 0.1) is 4.47 Å². The van der Waals surface area contributed by atoms with E-state index in [9.17, 15) is 0 Å². The zero-order chi connectivity index (χ0) is 20.6. The topological polar surface area (TPSA) is 18.5 Å². The number of benzene rings is 4. The second-order valence-electron chi connectivity index (χ2n) is 7.10. The van der Waals surface area contributed by atoms with Crippen LogP contribution in [-0.4, -0.2) is 0 Å². The van der Waals surface area contributed by atoms with Crippen LogP contribution in [0.1, 0.15) is 22.3 Å². The molecule has 0 fully saturated rings. The van der Waals surface area contributed by atoms with Crippen LogP contribution in [-0.2, 0) is 19.6 Å². The van der Waals surface area contributed by atoms with Crippen LogP contribution < -0.4 is 9.47 Å². The quantitative estimate of drug-likeness (QED) is 0.278. The average molecular weight is 459 g/mol. The Morgan fingerprint density at radius 1 is 0.533 bits per heavy atom. The highest BCUT2D eigenvalue weighted by Crippen LogP contribution is 2.29. The van der Waals surface area contributed by atoms with E-state index >= 15 is 0 Å². The Bertz CT molecular complexity index is 1080. The number of halogens is 1. The molecule has 0 unspecified atom stereocenters. The molecule has 0 saturated carbocycles. The van der Waals surface area contributed by atoms with Crippen molar-refractivity contribution >= 4 is 15.9 Å². The third-order valence-corrected chi connectivity index (χ3v) is 5.46. The van der Waals surface area contributed by atoms with Gasteiger partial charge in [-0.05, 0) is 56.4 Å². The predicted molar refractivity (Wildman–Crippen MR) is 125 cm³/mol. The number of rotatable bonds is 8. The molecule has 0 heterocycles. The lowest BCUT2D eigenvalue weighted by Crippen LogP contribution is -2.00. The maximum absolute atomic E-state index is 6.10. The van der Waals surface area contributed by atoms with Crippen molar-refractivity contribution in [3.63, 3.8) is 0 Å². The SMILES string of the molecule is Brc1cc(Cc2ccccc2OCc2ccccc2)ccc1OCc1ccccc1. The minimum Gasteiger partial charge on any atom is -0.489 e. The van der Waals surface area contributed by atoms with Crippen molar-refractivity contribution in [2.75, 3.05) is 0 Å². The van der Waals surface area contributed by atoms with E-state index in [1.807, 2.05) is 54.6 Å². The minimum atomic E-state index is 0.551.